The SMILES string of the molecule is O=C(NC1CCS(=O)(=O)C1)c1cc2sccc2n1Cc1ccccc1Cl. The number of nitrogens with zero attached hydrogens (tertiary/aromatic N) is 1. The molecule has 0 bridgehead atoms. The lowest BCUT2D eigenvalue weighted by atomic mass is 10.2. The molecule has 3 heterocycles. The molecule has 2 aromatic heterocycles. The minimum absolute atomic E-state index is 0.0122. The zero-order chi connectivity index (χ0) is 18.3. The maximum Gasteiger partial charge on any atom is 0.268 e. The Morgan fingerprint density at radius 3 is 2.85 bits per heavy atom. The van der Waals surface area contributed by atoms with Crippen molar-refractivity contribution in [3.8, 4) is 0 Å². The second-order valence-corrected chi connectivity index (χ2v) is 10.0. The van der Waals surface area contributed by atoms with Crippen LogP contribution in [0, 0.1) is 0 Å². The number of hydrogen-bond donors (Lipinski definition) is 1. The lowest BCUT2D eigenvalue weighted by Crippen LogP contribution is -2.36. The minimum Gasteiger partial charge on any atom is -0.347 e. The van der Waals surface area contributed by atoms with Crippen LogP contribution in [0.15, 0.2) is 41.8 Å². The first-order valence-electron chi connectivity index (χ1n) is 8.24. The van der Waals surface area contributed by atoms with Crippen molar-refractivity contribution < 1.29 is 13.2 Å². The Morgan fingerprint density at radius 2 is 2.12 bits per heavy atom. The lowest BCUT2D eigenvalue weighted by molar-refractivity contribution is 0.0932. The molecule has 1 aliphatic rings. The molecule has 0 spiro atoms. The van der Waals surface area contributed by atoms with Crippen LogP contribution < -0.4 is 5.32 Å². The first-order chi connectivity index (χ1) is 12.4. The minimum atomic E-state index is -3.04. The topological polar surface area (TPSA) is 68.2 Å². The molecule has 1 saturated heterocycles. The first kappa shape index (κ1) is 17.6. The van der Waals surface area contributed by atoms with Gasteiger partial charge >= 0.3 is 0 Å². The second-order valence-electron chi connectivity index (χ2n) is 6.45. The Balaban J connectivity index is 1.66. The summed E-state index contributed by atoms with van der Waals surface area (Å²) in [6.07, 6.45) is 0.466. The standard InChI is InChI=1S/C18H17ClN2O3S2/c19-14-4-2-1-3-12(14)10-21-15-5-7-25-17(15)9-16(21)18(22)20-13-6-8-26(23,24)11-13/h1-5,7,9,13H,6,8,10-11H2,(H,20,22). The highest BCUT2D eigenvalue weighted by Gasteiger charge is 2.30. The number of sulfone groups is 1. The third-order valence-corrected chi connectivity index (χ3v) is 7.60. The van der Waals surface area contributed by atoms with E-state index in [9.17, 15) is 13.2 Å². The van der Waals surface area contributed by atoms with Crippen molar-refractivity contribution in [3.05, 3.63) is 58.1 Å². The van der Waals surface area contributed by atoms with E-state index < -0.39 is 9.84 Å². The van der Waals surface area contributed by atoms with Crippen molar-refractivity contribution in [2.24, 2.45) is 0 Å². The summed E-state index contributed by atoms with van der Waals surface area (Å²) >= 11 is 7.86. The number of rotatable bonds is 4. The maximum atomic E-state index is 12.8. The molecule has 0 aliphatic carbocycles. The highest BCUT2D eigenvalue weighted by molar-refractivity contribution is 7.91. The summed E-state index contributed by atoms with van der Waals surface area (Å²) in [5, 5.41) is 5.51. The van der Waals surface area contributed by atoms with Crippen molar-refractivity contribution in [2.75, 3.05) is 11.5 Å². The Labute approximate surface area is 160 Å². The summed E-state index contributed by atoms with van der Waals surface area (Å²) in [5.74, 6) is -0.103. The number of thiophene rings is 1. The Kier molecular flexibility index (Phi) is 4.54. The molecule has 1 amide bonds. The number of carbonyl (C=O) groups is 1. The van der Waals surface area contributed by atoms with Gasteiger partial charge in [-0.05, 0) is 35.6 Å². The summed E-state index contributed by atoms with van der Waals surface area (Å²) in [5.41, 5.74) is 2.42. The van der Waals surface area contributed by atoms with Gasteiger partial charge in [-0.15, -0.1) is 11.3 Å². The van der Waals surface area contributed by atoms with Crippen LogP contribution in [0.3, 0.4) is 0 Å². The van der Waals surface area contributed by atoms with E-state index in [1.54, 1.807) is 11.3 Å². The van der Waals surface area contributed by atoms with E-state index in [1.807, 2.05) is 46.3 Å². The van der Waals surface area contributed by atoms with Gasteiger partial charge in [0.15, 0.2) is 9.84 Å². The zero-order valence-corrected chi connectivity index (χ0v) is 16.2. The largest absolute Gasteiger partial charge is 0.347 e. The molecular formula is C18H17ClN2O3S2. The zero-order valence-electron chi connectivity index (χ0n) is 13.8. The molecule has 3 aromatic rings. The summed E-state index contributed by atoms with van der Waals surface area (Å²) in [4.78, 5) is 12.8. The number of aromatic nitrogens is 1. The number of halogens is 1. The van der Waals surface area contributed by atoms with Gasteiger partial charge in [0.25, 0.3) is 5.91 Å². The molecule has 136 valence electrons. The summed E-state index contributed by atoms with van der Waals surface area (Å²) in [6, 6.07) is 11.1. The van der Waals surface area contributed by atoms with Gasteiger partial charge in [0.1, 0.15) is 5.69 Å². The van der Waals surface area contributed by atoms with Crippen molar-refractivity contribution in [1.29, 1.82) is 0 Å². The van der Waals surface area contributed by atoms with E-state index >= 15 is 0 Å². The van der Waals surface area contributed by atoms with Crippen LogP contribution in [-0.2, 0) is 16.4 Å². The van der Waals surface area contributed by atoms with Gasteiger partial charge in [-0.3, -0.25) is 4.79 Å². The van der Waals surface area contributed by atoms with Gasteiger partial charge in [-0.1, -0.05) is 29.8 Å². The smallest absolute Gasteiger partial charge is 0.268 e. The normalized spacial score (nSPS) is 19.0. The van der Waals surface area contributed by atoms with Crippen molar-refractivity contribution in [1.82, 2.24) is 9.88 Å². The fourth-order valence-electron chi connectivity index (χ4n) is 3.30. The molecule has 1 unspecified atom stereocenters. The van der Waals surface area contributed by atoms with Crippen LogP contribution in [0.25, 0.3) is 10.2 Å². The van der Waals surface area contributed by atoms with E-state index in [0.29, 0.717) is 23.7 Å². The predicted octanol–water partition coefficient (Wildman–Crippen LogP) is 3.32. The molecule has 5 nitrogen and oxygen atoms in total. The van der Waals surface area contributed by atoms with Gasteiger partial charge in [0.05, 0.1) is 21.7 Å². The molecule has 8 heteroatoms. The highest BCUT2D eigenvalue weighted by Crippen LogP contribution is 2.28. The third kappa shape index (κ3) is 3.39. The maximum absolute atomic E-state index is 12.8. The quantitative estimate of drug-likeness (QED) is 0.720. The molecule has 1 aromatic carbocycles. The molecule has 1 fully saturated rings. The Morgan fingerprint density at radius 1 is 1.31 bits per heavy atom. The fourth-order valence-corrected chi connectivity index (χ4v) is 5.99. The van der Waals surface area contributed by atoms with Crippen LogP contribution in [-0.4, -0.2) is 36.4 Å². The summed E-state index contributed by atoms with van der Waals surface area (Å²) in [6.45, 7) is 0.478. The van der Waals surface area contributed by atoms with E-state index in [2.05, 4.69) is 5.32 Å². The molecular weight excluding hydrogens is 392 g/mol. The molecule has 1 atom stereocenters. The summed E-state index contributed by atoms with van der Waals surface area (Å²) in [7, 11) is -3.04. The predicted molar refractivity (Wildman–Crippen MR) is 105 cm³/mol. The number of carbonyl (C=O) groups excluding carboxylic acids is 1. The van der Waals surface area contributed by atoms with E-state index in [1.165, 1.54) is 0 Å². The van der Waals surface area contributed by atoms with E-state index in [-0.39, 0.29) is 23.5 Å². The van der Waals surface area contributed by atoms with Gasteiger partial charge in [-0.25, -0.2) is 8.42 Å². The average Bonchev–Trinajstić information content (AvgIpc) is 3.25. The number of fused-ring (bicyclic) bond motifs is 1. The monoisotopic (exact) mass is 408 g/mol. The van der Waals surface area contributed by atoms with Gasteiger partial charge in [0.2, 0.25) is 0 Å². The Bertz CT molecular complexity index is 1080. The van der Waals surface area contributed by atoms with Crippen LogP contribution in [0.1, 0.15) is 22.5 Å². The van der Waals surface area contributed by atoms with Gasteiger partial charge in [0, 0.05) is 17.6 Å². The molecule has 1 N–H and O–H groups in total. The highest BCUT2D eigenvalue weighted by atomic mass is 35.5. The van der Waals surface area contributed by atoms with Crippen molar-refractivity contribution in [3.63, 3.8) is 0 Å². The van der Waals surface area contributed by atoms with Crippen LogP contribution in [0.2, 0.25) is 5.02 Å². The number of nitrogens with one attached hydrogen (secondary N) is 1. The van der Waals surface area contributed by atoms with Gasteiger partial charge in [-0.2, -0.15) is 0 Å². The van der Waals surface area contributed by atoms with E-state index in [4.69, 9.17) is 11.6 Å². The number of benzene rings is 1. The van der Waals surface area contributed by atoms with Crippen molar-refractivity contribution in [2.45, 2.75) is 19.0 Å². The molecule has 0 saturated carbocycles. The second kappa shape index (κ2) is 6.72. The van der Waals surface area contributed by atoms with Crippen molar-refractivity contribution >= 4 is 48.9 Å². The van der Waals surface area contributed by atoms with Crippen LogP contribution in [0.5, 0.6) is 0 Å². The fraction of sp³-hybridized carbons (Fsp3) is 0.278. The number of amides is 1. The third-order valence-electron chi connectivity index (χ3n) is 4.61. The molecule has 4 rings (SSSR count). The molecule has 0 radical (unpaired) electrons. The average molecular weight is 409 g/mol. The summed E-state index contributed by atoms with van der Waals surface area (Å²) < 4.78 is 26.2. The molecule has 1 aliphatic heterocycles. The van der Waals surface area contributed by atoms with Crippen LogP contribution in [0.4, 0.5) is 0 Å². The lowest BCUT2D eigenvalue weighted by Gasteiger charge is -2.14. The van der Waals surface area contributed by atoms with E-state index in [0.717, 1.165) is 15.8 Å². The van der Waals surface area contributed by atoms with Gasteiger partial charge < -0.3 is 9.88 Å². The first-order valence-corrected chi connectivity index (χ1v) is 11.3. The number of hydrogen-bond acceptors (Lipinski definition) is 4. The van der Waals surface area contributed by atoms with Crippen LogP contribution >= 0.6 is 22.9 Å². The Hall–Kier alpha value is -1.83. The molecule has 26 heavy (non-hydrogen) atoms.